The molecule has 1 saturated heterocycles. The minimum atomic E-state index is -3.86. The number of anilines is 2. The highest BCUT2D eigenvalue weighted by Gasteiger charge is 2.50. The highest BCUT2D eigenvalue weighted by Crippen LogP contribution is 2.37. The number of hydrogen-bond donors (Lipinski definition) is 0. The fourth-order valence-corrected chi connectivity index (χ4v) is 7.30. The second-order valence-electron chi connectivity index (χ2n) is 7.66. The molecule has 0 N–H and O–H groups in total. The van der Waals surface area contributed by atoms with Crippen molar-refractivity contribution in [3.63, 3.8) is 0 Å². The summed E-state index contributed by atoms with van der Waals surface area (Å²) in [4.78, 5) is 12.7. The van der Waals surface area contributed by atoms with Crippen molar-refractivity contribution < 1.29 is 21.6 Å². The molecule has 1 amide bonds. The molecule has 2 aromatic carbocycles. The molecule has 0 unspecified atom stereocenters. The number of rotatable bonds is 5. The lowest BCUT2D eigenvalue weighted by Crippen LogP contribution is -2.33. The molecule has 0 aromatic heterocycles. The Hall–Kier alpha value is -2.39. The van der Waals surface area contributed by atoms with Gasteiger partial charge in [-0.15, -0.1) is 0 Å². The lowest BCUT2D eigenvalue weighted by molar-refractivity contribution is -0.123. The minimum Gasteiger partial charge on any atom is -0.273 e. The van der Waals surface area contributed by atoms with E-state index in [2.05, 4.69) is 0 Å². The predicted molar refractivity (Wildman–Crippen MR) is 113 cm³/mol. The highest BCUT2D eigenvalue weighted by atomic mass is 32.2. The van der Waals surface area contributed by atoms with Gasteiger partial charge in [0, 0.05) is 6.54 Å². The first-order valence-electron chi connectivity index (χ1n) is 9.18. The molecule has 1 fully saturated rings. The zero-order valence-corrected chi connectivity index (χ0v) is 18.4. The average molecular weight is 437 g/mol. The fraction of sp³-hybridized carbons (Fsp3) is 0.350. The van der Waals surface area contributed by atoms with Gasteiger partial charge in [0.25, 0.3) is 10.0 Å². The van der Waals surface area contributed by atoms with Crippen molar-refractivity contribution in [1.82, 2.24) is 0 Å². The first-order chi connectivity index (χ1) is 13.4. The SMILES string of the molecule is CCN(c1ccccc1)S(=O)(=O)c1ccc(N2C(=O)C(C)(C)CS2(=O)=O)cc1C. The van der Waals surface area contributed by atoms with Crippen LogP contribution in [0.3, 0.4) is 0 Å². The van der Waals surface area contributed by atoms with E-state index in [1.807, 2.05) is 0 Å². The van der Waals surface area contributed by atoms with Crippen molar-refractivity contribution in [1.29, 1.82) is 0 Å². The Morgan fingerprint density at radius 1 is 1.10 bits per heavy atom. The summed E-state index contributed by atoms with van der Waals surface area (Å²) in [6.07, 6.45) is 0. The van der Waals surface area contributed by atoms with E-state index >= 15 is 0 Å². The van der Waals surface area contributed by atoms with Crippen LogP contribution in [-0.4, -0.2) is 35.0 Å². The molecule has 0 atom stereocenters. The molecule has 9 heteroatoms. The highest BCUT2D eigenvalue weighted by molar-refractivity contribution is 7.94. The van der Waals surface area contributed by atoms with Gasteiger partial charge in [-0.05, 0) is 63.6 Å². The summed E-state index contributed by atoms with van der Waals surface area (Å²) in [6, 6.07) is 12.9. The van der Waals surface area contributed by atoms with Crippen molar-refractivity contribution in [2.24, 2.45) is 5.41 Å². The quantitative estimate of drug-likeness (QED) is 0.719. The van der Waals surface area contributed by atoms with Crippen LogP contribution in [0.2, 0.25) is 0 Å². The lowest BCUT2D eigenvalue weighted by atomic mass is 9.95. The molecule has 1 aliphatic heterocycles. The summed E-state index contributed by atoms with van der Waals surface area (Å²) >= 11 is 0. The molecule has 7 nitrogen and oxygen atoms in total. The summed E-state index contributed by atoms with van der Waals surface area (Å²) in [5.41, 5.74) is 0.0333. The van der Waals surface area contributed by atoms with Gasteiger partial charge in [-0.2, -0.15) is 0 Å². The molecular formula is C20H24N2O5S2. The zero-order valence-electron chi connectivity index (χ0n) is 16.8. The molecule has 1 heterocycles. The van der Waals surface area contributed by atoms with Crippen LogP contribution >= 0.6 is 0 Å². The van der Waals surface area contributed by atoms with Gasteiger partial charge in [-0.3, -0.25) is 9.10 Å². The summed E-state index contributed by atoms with van der Waals surface area (Å²) in [6.45, 7) is 6.73. The molecular weight excluding hydrogens is 412 g/mol. The largest absolute Gasteiger partial charge is 0.273 e. The monoisotopic (exact) mass is 436 g/mol. The summed E-state index contributed by atoms with van der Waals surface area (Å²) < 4.78 is 53.5. The van der Waals surface area contributed by atoms with Gasteiger partial charge >= 0.3 is 0 Å². The zero-order chi connectivity index (χ0) is 21.6. The normalized spacial score (nSPS) is 18.1. The molecule has 29 heavy (non-hydrogen) atoms. The molecule has 156 valence electrons. The van der Waals surface area contributed by atoms with Crippen molar-refractivity contribution in [3.8, 4) is 0 Å². The van der Waals surface area contributed by atoms with Gasteiger partial charge < -0.3 is 0 Å². The Kier molecular flexibility index (Phi) is 5.25. The third-order valence-corrected chi connectivity index (χ3v) is 8.96. The summed E-state index contributed by atoms with van der Waals surface area (Å²) in [5.74, 6) is -0.804. The van der Waals surface area contributed by atoms with Crippen LogP contribution < -0.4 is 8.61 Å². The number of nitrogens with zero attached hydrogens (tertiary/aromatic N) is 2. The molecule has 2 aromatic rings. The van der Waals surface area contributed by atoms with Crippen LogP contribution in [0.4, 0.5) is 11.4 Å². The van der Waals surface area contributed by atoms with Crippen molar-refractivity contribution >= 4 is 37.3 Å². The Morgan fingerprint density at radius 3 is 2.21 bits per heavy atom. The van der Waals surface area contributed by atoms with Gasteiger partial charge in [-0.25, -0.2) is 21.1 Å². The van der Waals surface area contributed by atoms with Crippen LogP contribution in [0, 0.1) is 12.3 Å². The molecule has 0 saturated carbocycles. The summed E-state index contributed by atoms with van der Waals surface area (Å²) in [5, 5.41) is 0. The van der Waals surface area contributed by atoms with Gasteiger partial charge in [0.15, 0.2) is 0 Å². The van der Waals surface area contributed by atoms with Crippen molar-refractivity contribution in [2.75, 3.05) is 20.9 Å². The predicted octanol–water partition coefficient (Wildman–Crippen LogP) is 2.91. The number of para-hydroxylation sites is 1. The topological polar surface area (TPSA) is 91.8 Å². The lowest BCUT2D eigenvalue weighted by Gasteiger charge is -2.24. The number of hydrogen-bond acceptors (Lipinski definition) is 5. The second kappa shape index (κ2) is 7.14. The molecule has 0 aliphatic carbocycles. The van der Waals surface area contributed by atoms with Crippen LogP contribution in [-0.2, 0) is 24.8 Å². The molecule has 0 spiro atoms. The van der Waals surface area contributed by atoms with E-state index in [9.17, 15) is 21.6 Å². The van der Waals surface area contributed by atoms with Crippen LogP contribution in [0.1, 0.15) is 26.3 Å². The van der Waals surface area contributed by atoms with E-state index in [0.717, 1.165) is 4.31 Å². The smallest absolute Gasteiger partial charge is 0.264 e. The third kappa shape index (κ3) is 3.64. The van der Waals surface area contributed by atoms with E-state index < -0.39 is 31.4 Å². The average Bonchev–Trinajstić information content (AvgIpc) is 2.78. The number of amides is 1. The fourth-order valence-electron chi connectivity index (χ4n) is 3.51. The Labute approximate surface area is 172 Å². The number of carbonyl (C=O) groups is 1. The van der Waals surface area contributed by atoms with Gasteiger partial charge in [-0.1, -0.05) is 18.2 Å². The number of benzene rings is 2. The van der Waals surface area contributed by atoms with Crippen LogP contribution in [0.25, 0.3) is 0 Å². The molecule has 3 rings (SSSR count). The van der Waals surface area contributed by atoms with Crippen LogP contribution in [0.5, 0.6) is 0 Å². The maximum absolute atomic E-state index is 13.2. The van der Waals surface area contributed by atoms with Gasteiger partial charge in [0.1, 0.15) is 0 Å². The second-order valence-corrected chi connectivity index (χ2v) is 11.3. The first kappa shape index (κ1) is 21.3. The van der Waals surface area contributed by atoms with Gasteiger partial charge in [0.2, 0.25) is 15.9 Å². The van der Waals surface area contributed by atoms with E-state index in [1.54, 1.807) is 58.0 Å². The van der Waals surface area contributed by atoms with Gasteiger partial charge in [0.05, 0.1) is 27.4 Å². The molecule has 0 bridgehead atoms. The van der Waals surface area contributed by atoms with Crippen molar-refractivity contribution in [2.45, 2.75) is 32.6 Å². The number of aryl methyl sites for hydroxylation is 1. The Morgan fingerprint density at radius 2 is 1.72 bits per heavy atom. The van der Waals surface area contributed by atoms with E-state index in [0.29, 0.717) is 11.3 Å². The summed E-state index contributed by atoms with van der Waals surface area (Å²) in [7, 11) is -7.66. The van der Waals surface area contributed by atoms with E-state index in [4.69, 9.17) is 0 Å². The number of sulfonamides is 2. The first-order valence-corrected chi connectivity index (χ1v) is 12.2. The van der Waals surface area contributed by atoms with Crippen LogP contribution in [0.15, 0.2) is 53.4 Å². The van der Waals surface area contributed by atoms with E-state index in [1.165, 1.54) is 22.5 Å². The maximum atomic E-state index is 13.2. The van der Waals surface area contributed by atoms with Crippen molar-refractivity contribution in [3.05, 3.63) is 54.1 Å². The standard InChI is InChI=1S/C20H24N2O5S2/c1-5-21(16-9-7-6-8-10-16)29(26,27)18-12-11-17(13-15(18)2)22-19(23)20(3,4)14-28(22,24)25/h6-13H,5,14H2,1-4H3. The van der Waals surface area contributed by atoms with E-state index in [-0.39, 0.29) is 22.9 Å². The molecule has 1 aliphatic rings. The maximum Gasteiger partial charge on any atom is 0.264 e. The number of carbonyl (C=O) groups excluding carboxylic acids is 1. The third-order valence-electron chi connectivity index (χ3n) is 4.88. The molecule has 0 radical (unpaired) electrons. The Bertz CT molecular complexity index is 1160. The Balaban J connectivity index is 2.05. The minimum absolute atomic E-state index is 0.0651.